The number of carbonyl (C=O) groups excluding carboxylic acids is 3. The summed E-state index contributed by atoms with van der Waals surface area (Å²) in [6.45, 7) is 0.284. The maximum absolute atomic E-state index is 13.3. The highest BCUT2D eigenvalue weighted by molar-refractivity contribution is 6.24. The van der Waals surface area contributed by atoms with E-state index in [4.69, 9.17) is 5.73 Å². The summed E-state index contributed by atoms with van der Waals surface area (Å²) in [4.78, 5) is 40.2. The number of carbonyl (C=O) groups is 3. The lowest BCUT2D eigenvalue weighted by atomic mass is 10.1. The van der Waals surface area contributed by atoms with E-state index in [9.17, 15) is 14.4 Å². The van der Waals surface area contributed by atoms with E-state index in [0.29, 0.717) is 4.90 Å². The third-order valence-corrected chi connectivity index (χ3v) is 4.80. The summed E-state index contributed by atoms with van der Waals surface area (Å²) in [7, 11) is 0. The Morgan fingerprint density at radius 2 is 1.19 bits per heavy atom. The molecule has 3 aromatic carbocycles. The zero-order chi connectivity index (χ0) is 22.5. The minimum Gasteiger partial charge on any atom is -0.382 e. The number of imide groups is 3. The molecule has 0 unspecified atom stereocenters. The first-order valence-electron chi connectivity index (χ1n) is 9.82. The average Bonchev–Trinajstić information content (AvgIpc) is 3.20. The zero-order valence-corrected chi connectivity index (χ0v) is 17.0. The van der Waals surface area contributed by atoms with Gasteiger partial charge < -0.3 is 5.73 Å². The van der Waals surface area contributed by atoms with Crippen molar-refractivity contribution in [3.63, 3.8) is 0 Å². The maximum atomic E-state index is 13.3. The monoisotopic (exact) mass is 425 g/mol. The van der Waals surface area contributed by atoms with Crippen molar-refractivity contribution in [2.75, 3.05) is 5.73 Å². The second-order valence-electron chi connectivity index (χ2n) is 6.95. The number of amides is 3. The van der Waals surface area contributed by atoms with Crippen LogP contribution < -0.4 is 5.73 Å². The molecular formula is C24H19N5O3. The first kappa shape index (κ1) is 20.7. The van der Waals surface area contributed by atoms with Gasteiger partial charge in [-0.15, -0.1) is 5.10 Å². The van der Waals surface area contributed by atoms with Crippen molar-refractivity contribution in [1.29, 1.82) is 0 Å². The Bertz CT molecular complexity index is 1200. The normalized spacial score (nSPS) is 10.5. The number of rotatable bonds is 5. The molecular weight excluding hydrogens is 406 g/mol. The van der Waals surface area contributed by atoms with Gasteiger partial charge in [-0.1, -0.05) is 71.9 Å². The van der Waals surface area contributed by atoms with Crippen LogP contribution in [-0.2, 0) is 6.54 Å². The first-order chi connectivity index (χ1) is 15.6. The van der Waals surface area contributed by atoms with E-state index in [-0.39, 0.29) is 29.2 Å². The predicted octanol–water partition coefficient (Wildman–Crippen LogP) is 3.03. The fraction of sp³-hybridized carbons (Fsp3) is 0.0417. The quantitative estimate of drug-likeness (QED) is 0.492. The predicted molar refractivity (Wildman–Crippen MR) is 118 cm³/mol. The summed E-state index contributed by atoms with van der Waals surface area (Å²) in [6, 6.07) is 25.5. The molecule has 4 aromatic rings. The van der Waals surface area contributed by atoms with Crippen molar-refractivity contribution in [3.05, 3.63) is 113 Å². The molecule has 2 N–H and O–H groups in total. The number of hydrogen-bond acceptors (Lipinski definition) is 6. The van der Waals surface area contributed by atoms with Crippen LogP contribution in [0, 0.1) is 0 Å². The Labute approximate surface area is 183 Å². The second-order valence-corrected chi connectivity index (χ2v) is 6.95. The number of nitrogen functional groups attached to an aromatic ring is 1. The minimum absolute atomic E-state index is 0.0365. The molecule has 158 valence electrons. The summed E-state index contributed by atoms with van der Waals surface area (Å²) in [6.07, 6.45) is 0. The first-order valence-corrected chi connectivity index (χ1v) is 9.82. The molecule has 0 aliphatic rings. The molecule has 4 rings (SSSR count). The standard InChI is InChI=1S/C24H19N5O3/c25-21-20(26-27-28(21)16-17-10-4-1-5-11-17)24(32)29(22(30)18-12-6-2-7-13-18)23(31)19-14-8-3-9-15-19/h1-15H,16,25H2. The van der Waals surface area contributed by atoms with Crippen LogP contribution in [0.4, 0.5) is 5.82 Å². The van der Waals surface area contributed by atoms with Gasteiger partial charge in [0.1, 0.15) is 0 Å². The van der Waals surface area contributed by atoms with Gasteiger partial charge in [0.05, 0.1) is 6.54 Å². The number of nitrogens with zero attached hydrogens (tertiary/aromatic N) is 4. The smallest absolute Gasteiger partial charge is 0.292 e. The lowest BCUT2D eigenvalue weighted by Crippen LogP contribution is -2.42. The molecule has 0 saturated carbocycles. The highest BCUT2D eigenvalue weighted by Crippen LogP contribution is 2.18. The second kappa shape index (κ2) is 9.05. The van der Waals surface area contributed by atoms with Crippen molar-refractivity contribution < 1.29 is 14.4 Å². The number of anilines is 1. The van der Waals surface area contributed by atoms with E-state index in [1.54, 1.807) is 36.4 Å². The van der Waals surface area contributed by atoms with Crippen LogP contribution in [0.15, 0.2) is 91.0 Å². The summed E-state index contributed by atoms with van der Waals surface area (Å²) in [5.41, 5.74) is 7.13. The Morgan fingerprint density at radius 1 is 0.719 bits per heavy atom. The molecule has 0 atom stereocenters. The van der Waals surface area contributed by atoms with Crippen molar-refractivity contribution in [1.82, 2.24) is 19.9 Å². The van der Waals surface area contributed by atoms with Crippen LogP contribution >= 0.6 is 0 Å². The molecule has 0 aliphatic heterocycles. The molecule has 1 aromatic heterocycles. The molecule has 32 heavy (non-hydrogen) atoms. The van der Waals surface area contributed by atoms with Crippen LogP contribution in [0.1, 0.15) is 36.8 Å². The molecule has 0 radical (unpaired) electrons. The van der Waals surface area contributed by atoms with Crippen LogP contribution in [0.25, 0.3) is 0 Å². The Balaban J connectivity index is 1.71. The third-order valence-electron chi connectivity index (χ3n) is 4.80. The van der Waals surface area contributed by atoms with E-state index >= 15 is 0 Å². The number of nitrogens with two attached hydrogens (primary N) is 1. The third kappa shape index (κ3) is 4.15. The van der Waals surface area contributed by atoms with E-state index in [2.05, 4.69) is 10.3 Å². The van der Waals surface area contributed by atoms with Crippen LogP contribution in [-0.4, -0.2) is 37.6 Å². The van der Waals surface area contributed by atoms with Crippen LogP contribution in [0.3, 0.4) is 0 Å². The summed E-state index contributed by atoms with van der Waals surface area (Å²) in [5.74, 6) is -2.53. The average molecular weight is 425 g/mol. The van der Waals surface area contributed by atoms with Crippen molar-refractivity contribution >= 4 is 23.5 Å². The van der Waals surface area contributed by atoms with E-state index in [0.717, 1.165) is 5.56 Å². The van der Waals surface area contributed by atoms with Crippen molar-refractivity contribution in [2.45, 2.75) is 6.54 Å². The van der Waals surface area contributed by atoms with Crippen molar-refractivity contribution in [3.8, 4) is 0 Å². The topological polar surface area (TPSA) is 111 Å². The highest BCUT2D eigenvalue weighted by Gasteiger charge is 2.34. The highest BCUT2D eigenvalue weighted by atomic mass is 16.2. The maximum Gasteiger partial charge on any atom is 0.292 e. The molecule has 0 bridgehead atoms. The zero-order valence-electron chi connectivity index (χ0n) is 17.0. The van der Waals surface area contributed by atoms with Gasteiger partial charge in [0.2, 0.25) is 0 Å². The molecule has 0 aliphatic carbocycles. The lowest BCUT2D eigenvalue weighted by Gasteiger charge is -2.18. The fourth-order valence-corrected chi connectivity index (χ4v) is 3.15. The number of aromatic nitrogens is 3. The van der Waals surface area contributed by atoms with Gasteiger partial charge in [-0.25, -0.2) is 9.58 Å². The van der Waals surface area contributed by atoms with Gasteiger partial charge in [0.15, 0.2) is 11.5 Å². The van der Waals surface area contributed by atoms with Gasteiger partial charge in [0, 0.05) is 11.1 Å². The Kier molecular flexibility index (Phi) is 5.85. The summed E-state index contributed by atoms with van der Waals surface area (Å²) < 4.78 is 1.35. The van der Waals surface area contributed by atoms with Gasteiger partial charge in [0.25, 0.3) is 17.7 Å². The van der Waals surface area contributed by atoms with Gasteiger partial charge in [-0.2, -0.15) is 0 Å². The molecule has 0 spiro atoms. The summed E-state index contributed by atoms with van der Waals surface area (Å²) in [5, 5.41) is 7.83. The SMILES string of the molecule is Nc1c(C(=O)N(C(=O)c2ccccc2)C(=O)c2ccccc2)nnn1Cc1ccccc1. The van der Waals surface area contributed by atoms with E-state index in [1.807, 2.05) is 30.3 Å². The molecule has 0 fully saturated rings. The van der Waals surface area contributed by atoms with Crippen molar-refractivity contribution in [2.24, 2.45) is 0 Å². The lowest BCUT2D eigenvalue weighted by molar-refractivity contribution is 0.0536. The Morgan fingerprint density at radius 3 is 1.69 bits per heavy atom. The van der Waals surface area contributed by atoms with E-state index < -0.39 is 17.7 Å². The van der Waals surface area contributed by atoms with Crippen LogP contribution in [0.2, 0.25) is 0 Å². The largest absolute Gasteiger partial charge is 0.382 e. The molecule has 3 amide bonds. The van der Waals surface area contributed by atoms with Gasteiger partial charge in [-0.3, -0.25) is 14.4 Å². The fourth-order valence-electron chi connectivity index (χ4n) is 3.15. The van der Waals surface area contributed by atoms with Crippen LogP contribution in [0.5, 0.6) is 0 Å². The minimum atomic E-state index is -0.940. The molecule has 8 heteroatoms. The van der Waals surface area contributed by atoms with E-state index in [1.165, 1.54) is 28.9 Å². The molecule has 0 saturated heterocycles. The van der Waals surface area contributed by atoms with Gasteiger partial charge >= 0.3 is 0 Å². The Hall–Kier alpha value is -4.59. The number of benzene rings is 3. The number of hydrogen-bond donors (Lipinski definition) is 1. The summed E-state index contributed by atoms with van der Waals surface area (Å²) >= 11 is 0. The molecule has 8 nitrogen and oxygen atoms in total. The van der Waals surface area contributed by atoms with Gasteiger partial charge in [-0.05, 0) is 29.8 Å². The molecule has 1 heterocycles.